The van der Waals surface area contributed by atoms with Crippen LogP contribution in [0.5, 0.6) is 0 Å². The maximum Gasteiger partial charge on any atom is -0.00433 e. The summed E-state index contributed by atoms with van der Waals surface area (Å²) in [6.45, 7) is 9.34. The van der Waals surface area contributed by atoms with Gasteiger partial charge < -0.3 is 0 Å². The third-order valence-electron chi connectivity index (χ3n) is 4.71. The van der Waals surface area contributed by atoms with Gasteiger partial charge in [0.15, 0.2) is 0 Å². The molecule has 1 aromatic rings. The molecule has 92 valence electrons. The maximum atomic E-state index is 2.48. The van der Waals surface area contributed by atoms with E-state index in [0.717, 1.165) is 0 Å². The molecule has 0 heteroatoms. The van der Waals surface area contributed by atoms with Crippen LogP contribution in [0.1, 0.15) is 68.7 Å². The molecule has 0 bridgehead atoms. The Labute approximate surface area is 105 Å². The van der Waals surface area contributed by atoms with Crippen molar-refractivity contribution in [1.82, 2.24) is 0 Å². The Bertz CT molecular complexity index is 438. The first-order valence-corrected chi connectivity index (χ1v) is 7.07. The van der Waals surface area contributed by atoms with E-state index in [2.05, 4.69) is 39.8 Å². The van der Waals surface area contributed by atoms with Crippen molar-refractivity contribution >= 4 is 0 Å². The lowest BCUT2D eigenvalue weighted by molar-refractivity contribution is 0.517. The topological polar surface area (TPSA) is 0 Å². The molecule has 0 atom stereocenters. The minimum atomic E-state index is 0.295. The van der Waals surface area contributed by atoms with Crippen LogP contribution in [0.25, 0.3) is 0 Å². The van der Waals surface area contributed by atoms with Gasteiger partial charge in [-0.3, -0.25) is 0 Å². The highest BCUT2D eigenvalue weighted by molar-refractivity contribution is 5.49. The SMILES string of the molecule is Cc1cc(C(C)(C)C)c2c(c1)C1(CCC2)CC1. The van der Waals surface area contributed by atoms with Crippen LogP contribution in [0, 0.1) is 6.92 Å². The molecule has 0 aliphatic heterocycles. The lowest BCUT2D eigenvalue weighted by Crippen LogP contribution is -2.23. The summed E-state index contributed by atoms with van der Waals surface area (Å²) in [5.74, 6) is 0. The van der Waals surface area contributed by atoms with Crippen molar-refractivity contribution in [1.29, 1.82) is 0 Å². The first-order chi connectivity index (χ1) is 7.92. The number of rotatable bonds is 0. The molecule has 0 N–H and O–H groups in total. The van der Waals surface area contributed by atoms with E-state index in [1.54, 1.807) is 16.7 Å². The van der Waals surface area contributed by atoms with Gasteiger partial charge in [0, 0.05) is 0 Å². The molecule has 0 aromatic heterocycles. The second-order valence-corrected chi connectivity index (χ2v) is 7.22. The maximum absolute atomic E-state index is 2.48. The number of hydrogen-bond donors (Lipinski definition) is 0. The average Bonchev–Trinajstić information content (AvgIpc) is 2.98. The second kappa shape index (κ2) is 3.37. The Kier molecular flexibility index (Phi) is 2.24. The van der Waals surface area contributed by atoms with Gasteiger partial charge in [-0.2, -0.15) is 0 Å². The van der Waals surface area contributed by atoms with E-state index in [1.165, 1.54) is 37.7 Å². The summed E-state index contributed by atoms with van der Waals surface area (Å²) in [4.78, 5) is 0. The van der Waals surface area contributed by atoms with Crippen molar-refractivity contribution in [3.05, 3.63) is 34.4 Å². The van der Waals surface area contributed by atoms with Crippen molar-refractivity contribution < 1.29 is 0 Å². The molecule has 17 heavy (non-hydrogen) atoms. The zero-order chi connectivity index (χ0) is 12.3. The molecule has 1 spiro atoms. The van der Waals surface area contributed by atoms with Crippen molar-refractivity contribution in [3.8, 4) is 0 Å². The van der Waals surface area contributed by atoms with E-state index in [9.17, 15) is 0 Å². The van der Waals surface area contributed by atoms with E-state index >= 15 is 0 Å². The molecule has 1 saturated carbocycles. The third-order valence-corrected chi connectivity index (χ3v) is 4.71. The predicted octanol–water partition coefficient (Wildman–Crippen LogP) is 4.66. The lowest BCUT2D eigenvalue weighted by Gasteiger charge is -2.32. The minimum Gasteiger partial charge on any atom is -0.0561 e. The highest BCUT2D eigenvalue weighted by Crippen LogP contribution is 2.56. The highest BCUT2D eigenvalue weighted by atomic mass is 14.5. The minimum absolute atomic E-state index is 0.295. The van der Waals surface area contributed by atoms with Crippen molar-refractivity contribution in [2.75, 3.05) is 0 Å². The summed E-state index contributed by atoms with van der Waals surface area (Å²) in [5, 5.41) is 0. The standard InChI is InChI=1S/C17H24/c1-12-10-14(16(2,3)4)13-6-5-7-17(8-9-17)15(13)11-12/h10-11H,5-9H2,1-4H3. The Balaban J connectivity index is 2.22. The van der Waals surface area contributed by atoms with Gasteiger partial charge in [-0.05, 0) is 66.5 Å². The molecule has 0 saturated heterocycles. The fraction of sp³-hybridized carbons (Fsp3) is 0.647. The van der Waals surface area contributed by atoms with Gasteiger partial charge >= 0.3 is 0 Å². The molecule has 0 amide bonds. The van der Waals surface area contributed by atoms with Gasteiger partial charge in [0.05, 0.1) is 0 Å². The molecule has 0 heterocycles. The number of fused-ring (bicyclic) bond motifs is 2. The first kappa shape index (κ1) is 11.3. The summed E-state index contributed by atoms with van der Waals surface area (Å²) in [7, 11) is 0. The quantitative estimate of drug-likeness (QED) is 0.606. The summed E-state index contributed by atoms with van der Waals surface area (Å²) >= 11 is 0. The summed E-state index contributed by atoms with van der Waals surface area (Å²) < 4.78 is 0. The fourth-order valence-electron chi connectivity index (χ4n) is 3.64. The fourth-order valence-corrected chi connectivity index (χ4v) is 3.64. The molecule has 1 fully saturated rings. The van der Waals surface area contributed by atoms with Crippen molar-refractivity contribution in [3.63, 3.8) is 0 Å². The van der Waals surface area contributed by atoms with Crippen LogP contribution in [-0.2, 0) is 17.3 Å². The Morgan fingerprint density at radius 2 is 1.76 bits per heavy atom. The van der Waals surface area contributed by atoms with Gasteiger partial charge in [0.25, 0.3) is 0 Å². The monoisotopic (exact) mass is 228 g/mol. The summed E-state index contributed by atoms with van der Waals surface area (Å²) in [6.07, 6.45) is 7.02. The van der Waals surface area contributed by atoms with Gasteiger partial charge in [0.2, 0.25) is 0 Å². The second-order valence-electron chi connectivity index (χ2n) is 7.22. The van der Waals surface area contributed by atoms with E-state index in [0.29, 0.717) is 10.8 Å². The number of aryl methyl sites for hydroxylation is 1. The van der Waals surface area contributed by atoms with Crippen molar-refractivity contribution in [2.24, 2.45) is 0 Å². The van der Waals surface area contributed by atoms with E-state index in [-0.39, 0.29) is 0 Å². The molecule has 0 radical (unpaired) electrons. The number of benzene rings is 1. The van der Waals surface area contributed by atoms with Crippen molar-refractivity contribution in [2.45, 2.75) is 70.6 Å². The van der Waals surface area contributed by atoms with E-state index in [1.807, 2.05) is 0 Å². The molecular formula is C17H24. The lowest BCUT2D eigenvalue weighted by atomic mass is 9.72. The largest absolute Gasteiger partial charge is 0.0561 e. The molecular weight excluding hydrogens is 204 g/mol. The Morgan fingerprint density at radius 3 is 2.35 bits per heavy atom. The van der Waals surface area contributed by atoms with Crippen LogP contribution >= 0.6 is 0 Å². The third kappa shape index (κ3) is 1.73. The summed E-state index contributed by atoms with van der Waals surface area (Å²) in [5.41, 5.74) is 7.39. The molecule has 3 rings (SSSR count). The van der Waals surface area contributed by atoms with Crippen LogP contribution in [-0.4, -0.2) is 0 Å². The van der Waals surface area contributed by atoms with Crippen LogP contribution in [0.2, 0.25) is 0 Å². The zero-order valence-electron chi connectivity index (χ0n) is 11.7. The van der Waals surface area contributed by atoms with Gasteiger partial charge in [-0.25, -0.2) is 0 Å². The summed E-state index contributed by atoms with van der Waals surface area (Å²) in [6, 6.07) is 4.91. The molecule has 2 aliphatic carbocycles. The van der Waals surface area contributed by atoms with E-state index in [4.69, 9.17) is 0 Å². The Hall–Kier alpha value is -0.780. The van der Waals surface area contributed by atoms with Crippen LogP contribution in [0.15, 0.2) is 12.1 Å². The zero-order valence-corrected chi connectivity index (χ0v) is 11.7. The molecule has 1 aromatic carbocycles. The molecule has 2 aliphatic rings. The average molecular weight is 228 g/mol. The van der Waals surface area contributed by atoms with Crippen LogP contribution in [0.4, 0.5) is 0 Å². The van der Waals surface area contributed by atoms with Crippen LogP contribution in [0.3, 0.4) is 0 Å². The normalized spacial score (nSPS) is 21.4. The molecule has 0 unspecified atom stereocenters. The number of hydrogen-bond acceptors (Lipinski definition) is 0. The van der Waals surface area contributed by atoms with Crippen LogP contribution < -0.4 is 0 Å². The van der Waals surface area contributed by atoms with Gasteiger partial charge in [0.1, 0.15) is 0 Å². The first-order valence-electron chi connectivity index (χ1n) is 7.07. The molecule has 0 nitrogen and oxygen atoms in total. The Morgan fingerprint density at radius 1 is 1.06 bits per heavy atom. The van der Waals surface area contributed by atoms with Gasteiger partial charge in [-0.1, -0.05) is 38.5 Å². The van der Waals surface area contributed by atoms with E-state index < -0.39 is 0 Å². The highest BCUT2D eigenvalue weighted by Gasteiger charge is 2.47. The van der Waals surface area contributed by atoms with Gasteiger partial charge in [-0.15, -0.1) is 0 Å². The predicted molar refractivity (Wildman–Crippen MR) is 73.7 cm³/mol. The smallest absolute Gasteiger partial charge is 0.00433 e.